The van der Waals surface area contributed by atoms with Crippen molar-refractivity contribution in [2.24, 2.45) is 0 Å². The molecule has 1 aliphatic rings. The SMILES string of the molecule is O=C(COC(=O)Cc1ccc2c(c1)CCC2)N[C@@H](c1ccccc1)c1cccs1. The van der Waals surface area contributed by atoms with Gasteiger partial charge in [-0.05, 0) is 53.0 Å². The van der Waals surface area contributed by atoms with Gasteiger partial charge < -0.3 is 10.1 Å². The van der Waals surface area contributed by atoms with E-state index in [1.807, 2.05) is 53.9 Å². The van der Waals surface area contributed by atoms with E-state index in [-0.39, 0.29) is 30.9 Å². The van der Waals surface area contributed by atoms with Crippen LogP contribution in [0.1, 0.15) is 39.6 Å². The number of aryl methyl sites for hydroxylation is 2. The molecule has 0 aliphatic heterocycles. The van der Waals surface area contributed by atoms with Gasteiger partial charge in [0.2, 0.25) is 0 Å². The van der Waals surface area contributed by atoms with E-state index >= 15 is 0 Å². The molecule has 1 aliphatic carbocycles. The lowest BCUT2D eigenvalue weighted by Crippen LogP contribution is -2.32. The zero-order valence-corrected chi connectivity index (χ0v) is 16.9. The van der Waals surface area contributed by atoms with Crippen LogP contribution in [-0.2, 0) is 33.6 Å². The van der Waals surface area contributed by atoms with Crippen LogP contribution in [0.4, 0.5) is 0 Å². The van der Waals surface area contributed by atoms with Crippen LogP contribution < -0.4 is 5.32 Å². The molecule has 1 amide bonds. The van der Waals surface area contributed by atoms with Crippen LogP contribution in [0.3, 0.4) is 0 Å². The number of hydrogen-bond acceptors (Lipinski definition) is 4. The highest BCUT2D eigenvalue weighted by atomic mass is 32.1. The summed E-state index contributed by atoms with van der Waals surface area (Å²) in [4.78, 5) is 25.7. The fourth-order valence-corrected chi connectivity index (χ4v) is 4.52. The summed E-state index contributed by atoms with van der Waals surface area (Å²) in [5, 5.41) is 4.96. The second-order valence-corrected chi connectivity index (χ2v) is 8.20. The predicted octanol–water partition coefficient (Wildman–Crippen LogP) is 4.23. The molecule has 29 heavy (non-hydrogen) atoms. The van der Waals surface area contributed by atoms with Gasteiger partial charge in [0, 0.05) is 4.88 Å². The number of benzene rings is 2. The maximum Gasteiger partial charge on any atom is 0.310 e. The van der Waals surface area contributed by atoms with Crippen molar-refractivity contribution in [1.82, 2.24) is 5.32 Å². The van der Waals surface area contributed by atoms with E-state index in [4.69, 9.17) is 4.74 Å². The third kappa shape index (κ3) is 4.93. The Balaban J connectivity index is 1.33. The standard InChI is InChI=1S/C24H23NO3S/c26-22(25-24(21-10-5-13-29-21)19-6-2-1-3-7-19)16-28-23(27)15-17-11-12-18-8-4-9-20(18)14-17/h1-3,5-7,10-14,24H,4,8-9,15-16H2,(H,25,26)/t24-/m0/s1. The van der Waals surface area contributed by atoms with E-state index in [1.165, 1.54) is 17.5 Å². The highest BCUT2D eigenvalue weighted by molar-refractivity contribution is 7.10. The van der Waals surface area contributed by atoms with Crippen molar-refractivity contribution in [3.05, 3.63) is 93.2 Å². The lowest BCUT2D eigenvalue weighted by atomic mass is 10.0. The van der Waals surface area contributed by atoms with Crippen molar-refractivity contribution in [1.29, 1.82) is 0 Å². The molecule has 4 rings (SSSR count). The van der Waals surface area contributed by atoms with Crippen molar-refractivity contribution in [3.8, 4) is 0 Å². The van der Waals surface area contributed by atoms with Crippen molar-refractivity contribution >= 4 is 23.2 Å². The molecule has 5 heteroatoms. The van der Waals surface area contributed by atoms with Crippen LogP contribution in [0.2, 0.25) is 0 Å². The van der Waals surface area contributed by atoms with E-state index in [0.29, 0.717) is 0 Å². The first-order valence-electron chi connectivity index (χ1n) is 9.83. The fraction of sp³-hybridized carbons (Fsp3) is 0.250. The monoisotopic (exact) mass is 405 g/mol. The third-order valence-electron chi connectivity index (χ3n) is 5.14. The van der Waals surface area contributed by atoms with Gasteiger partial charge in [-0.1, -0.05) is 54.6 Å². The number of esters is 1. The minimum atomic E-state index is -0.384. The van der Waals surface area contributed by atoms with Crippen LogP contribution in [0, 0.1) is 0 Å². The summed E-state index contributed by atoms with van der Waals surface area (Å²) in [6, 6.07) is 19.6. The predicted molar refractivity (Wildman–Crippen MR) is 114 cm³/mol. The summed E-state index contributed by atoms with van der Waals surface area (Å²) in [6.07, 6.45) is 3.56. The number of amides is 1. The van der Waals surface area contributed by atoms with Crippen molar-refractivity contribution < 1.29 is 14.3 Å². The first-order chi connectivity index (χ1) is 14.2. The van der Waals surface area contributed by atoms with Crippen molar-refractivity contribution in [2.75, 3.05) is 6.61 Å². The fourth-order valence-electron chi connectivity index (χ4n) is 3.72. The molecule has 0 fully saturated rings. The van der Waals surface area contributed by atoms with Gasteiger partial charge in [-0.25, -0.2) is 0 Å². The Morgan fingerprint density at radius 1 is 1.00 bits per heavy atom. The van der Waals surface area contributed by atoms with Crippen molar-refractivity contribution in [3.63, 3.8) is 0 Å². The molecular formula is C24H23NO3S. The quantitative estimate of drug-likeness (QED) is 0.599. The number of carbonyl (C=O) groups is 2. The molecule has 2 aromatic carbocycles. The summed E-state index contributed by atoms with van der Waals surface area (Å²) in [6.45, 7) is -0.279. The molecule has 148 valence electrons. The highest BCUT2D eigenvalue weighted by Crippen LogP contribution is 2.26. The van der Waals surface area contributed by atoms with Gasteiger partial charge in [-0.2, -0.15) is 0 Å². The third-order valence-corrected chi connectivity index (χ3v) is 6.08. The maximum absolute atomic E-state index is 12.4. The first kappa shape index (κ1) is 19.4. The Morgan fingerprint density at radius 2 is 1.83 bits per heavy atom. The van der Waals surface area contributed by atoms with Crippen LogP contribution in [0.5, 0.6) is 0 Å². The molecule has 3 aromatic rings. The van der Waals surface area contributed by atoms with Crippen LogP contribution >= 0.6 is 11.3 Å². The zero-order chi connectivity index (χ0) is 20.1. The van der Waals surface area contributed by atoms with Gasteiger partial charge >= 0.3 is 5.97 Å². The Labute approximate surface area is 174 Å². The molecule has 0 spiro atoms. The average molecular weight is 406 g/mol. The van der Waals surface area contributed by atoms with Gasteiger partial charge in [0.05, 0.1) is 12.5 Å². The number of rotatable bonds is 7. The van der Waals surface area contributed by atoms with E-state index in [9.17, 15) is 9.59 Å². The summed E-state index contributed by atoms with van der Waals surface area (Å²) in [5.74, 6) is -0.694. The molecule has 1 N–H and O–H groups in total. The van der Waals surface area contributed by atoms with Gasteiger partial charge in [0.15, 0.2) is 6.61 Å². The minimum absolute atomic E-state index is 0.188. The minimum Gasteiger partial charge on any atom is -0.455 e. The van der Waals surface area contributed by atoms with Gasteiger partial charge in [-0.15, -0.1) is 11.3 Å². The lowest BCUT2D eigenvalue weighted by molar-refractivity contribution is -0.148. The van der Waals surface area contributed by atoms with E-state index in [1.54, 1.807) is 11.3 Å². The highest BCUT2D eigenvalue weighted by Gasteiger charge is 2.19. The van der Waals surface area contributed by atoms with Crippen molar-refractivity contribution in [2.45, 2.75) is 31.7 Å². The molecule has 0 saturated heterocycles. The van der Waals surface area contributed by atoms with Crippen LogP contribution in [-0.4, -0.2) is 18.5 Å². The number of carbonyl (C=O) groups excluding carboxylic acids is 2. The normalized spacial score (nSPS) is 13.5. The lowest BCUT2D eigenvalue weighted by Gasteiger charge is -2.18. The molecule has 1 heterocycles. The average Bonchev–Trinajstić information content (AvgIpc) is 3.43. The molecular weight excluding hydrogens is 382 g/mol. The molecule has 0 radical (unpaired) electrons. The first-order valence-corrected chi connectivity index (χ1v) is 10.7. The smallest absolute Gasteiger partial charge is 0.310 e. The summed E-state index contributed by atoms with van der Waals surface area (Å²) >= 11 is 1.58. The number of thiophene rings is 1. The maximum atomic E-state index is 12.4. The second-order valence-electron chi connectivity index (χ2n) is 7.22. The summed E-state index contributed by atoms with van der Waals surface area (Å²) < 4.78 is 5.23. The largest absolute Gasteiger partial charge is 0.455 e. The molecule has 0 bridgehead atoms. The summed E-state index contributed by atoms with van der Waals surface area (Å²) in [7, 11) is 0. The zero-order valence-electron chi connectivity index (χ0n) is 16.1. The molecule has 1 atom stereocenters. The van der Waals surface area contributed by atoms with Gasteiger partial charge in [0.25, 0.3) is 5.91 Å². The molecule has 0 unspecified atom stereocenters. The molecule has 4 nitrogen and oxygen atoms in total. The van der Waals surface area contributed by atoms with Crippen LogP contribution in [0.15, 0.2) is 66.0 Å². The molecule has 1 aromatic heterocycles. The Morgan fingerprint density at radius 3 is 2.62 bits per heavy atom. The Kier molecular flexibility index (Phi) is 6.06. The van der Waals surface area contributed by atoms with E-state index in [2.05, 4.69) is 17.4 Å². The van der Waals surface area contributed by atoms with Gasteiger partial charge in [0.1, 0.15) is 0 Å². The second kappa shape index (κ2) is 9.05. The topological polar surface area (TPSA) is 55.4 Å². The Bertz CT molecular complexity index is 983. The van der Waals surface area contributed by atoms with E-state index < -0.39 is 0 Å². The number of hydrogen-bond donors (Lipinski definition) is 1. The van der Waals surface area contributed by atoms with Gasteiger partial charge in [-0.3, -0.25) is 9.59 Å². The number of fused-ring (bicyclic) bond motifs is 1. The van der Waals surface area contributed by atoms with Crippen LogP contribution in [0.25, 0.3) is 0 Å². The Hall–Kier alpha value is -2.92. The summed E-state index contributed by atoms with van der Waals surface area (Å²) in [5.41, 5.74) is 4.64. The van der Waals surface area contributed by atoms with E-state index in [0.717, 1.165) is 28.8 Å². The molecule has 0 saturated carbocycles. The number of nitrogens with one attached hydrogen (secondary N) is 1. The number of ether oxygens (including phenoxy) is 1.